The molecule has 1 saturated carbocycles. The maximum Gasteiger partial charge on any atom is 0.136 e. The summed E-state index contributed by atoms with van der Waals surface area (Å²) in [6.45, 7) is 5.22. The van der Waals surface area contributed by atoms with Gasteiger partial charge in [-0.15, -0.1) is 0 Å². The van der Waals surface area contributed by atoms with Crippen LogP contribution >= 0.6 is 0 Å². The first-order chi connectivity index (χ1) is 10.8. The highest BCUT2D eigenvalue weighted by atomic mass is 16.5. The lowest BCUT2D eigenvalue weighted by molar-refractivity contribution is -0.131. The van der Waals surface area contributed by atoms with Gasteiger partial charge in [-0.1, -0.05) is 12.1 Å². The minimum atomic E-state index is -1.12. The van der Waals surface area contributed by atoms with E-state index in [1.165, 1.54) is 0 Å². The quantitative estimate of drug-likeness (QED) is 0.932. The van der Waals surface area contributed by atoms with Gasteiger partial charge in [0.25, 0.3) is 0 Å². The molecule has 1 aliphatic carbocycles. The Hall–Kier alpha value is -2.01. The van der Waals surface area contributed by atoms with Gasteiger partial charge in [0.1, 0.15) is 11.5 Å². The fourth-order valence-electron chi connectivity index (χ4n) is 4.08. The smallest absolute Gasteiger partial charge is 0.136 e. The van der Waals surface area contributed by atoms with Crippen LogP contribution in [0.5, 0.6) is 5.75 Å². The number of methoxy groups -OCH3 is 1. The fraction of sp³-hybridized carbons (Fsp3) is 0.500. The maximum absolute atomic E-state index is 12.4. The third-order valence-electron chi connectivity index (χ3n) is 5.01. The molecular weight excluding hydrogens is 292 g/mol. The molecule has 23 heavy (non-hydrogen) atoms. The first-order valence-electron chi connectivity index (χ1n) is 7.83. The molecule has 0 unspecified atom stereocenters. The van der Waals surface area contributed by atoms with Gasteiger partial charge < -0.3 is 9.84 Å². The Morgan fingerprint density at radius 2 is 1.96 bits per heavy atom. The second-order valence-corrected chi connectivity index (χ2v) is 6.73. The molecule has 0 bridgehead atoms. The molecule has 122 valence electrons. The van der Waals surface area contributed by atoms with Gasteiger partial charge in [-0.25, -0.2) is 0 Å². The number of benzene rings is 1. The molecule has 3 rings (SSSR count). The Kier molecular flexibility index (Phi) is 3.84. The van der Waals surface area contributed by atoms with Crippen LogP contribution in [-0.2, 0) is 4.79 Å². The van der Waals surface area contributed by atoms with Crippen molar-refractivity contribution in [3.63, 3.8) is 0 Å². The van der Waals surface area contributed by atoms with Gasteiger partial charge in [-0.05, 0) is 38.5 Å². The van der Waals surface area contributed by atoms with Crippen molar-refractivity contribution in [2.24, 2.45) is 22.0 Å². The number of aliphatic hydroxyl groups is 1. The first kappa shape index (κ1) is 15.9. The number of carbonyl (C=O) groups excluding carboxylic acids is 1. The summed E-state index contributed by atoms with van der Waals surface area (Å²) in [7, 11) is 1.62. The van der Waals surface area contributed by atoms with E-state index in [1.807, 2.05) is 31.2 Å². The van der Waals surface area contributed by atoms with Gasteiger partial charge in [0.15, 0.2) is 0 Å². The number of hydrogen-bond donors (Lipinski definition) is 1. The van der Waals surface area contributed by atoms with E-state index in [2.05, 4.69) is 10.2 Å². The highest BCUT2D eigenvalue weighted by molar-refractivity contribution is 6.12. The van der Waals surface area contributed by atoms with Crippen molar-refractivity contribution in [2.45, 2.75) is 38.7 Å². The zero-order valence-electron chi connectivity index (χ0n) is 13.9. The van der Waals surface area contributed by atoms with Gasteiger partial charge in [0, 0.05) is 24.0 Å². The molecule has 1 aromatic rings. The molecule has 1 fully saturated rings. The molecule has 4 atom stereocenters. The molecule has 1 aliphatic heterocycles. The van der Waals surface area contributed by atoms with E-state index in [4.69, 9.17) is 4.74 Å². The Bertz CT molecular complexity index is 689. The van der Waals surface area contributed by atoms with E-state index < -0.39 is 11.5 Å². The fourth-order valence-corrected chi connectivity index (χ4v) is 4.08. The summed E-state index contributed by atoms with van der Waals surface area (Å²) in [4.78, 5) is 12.4. The number of nitrogens with zero attached hydrogens (tertiary/aromatic N) is 2. The summed E-state index contributed by atoms with van der Waals surface area (Å²) < 4.78 is 5.22. The predicted molar refractivity (Wildman–Crippen MR) is 89.2 cm³/mol. The SMILES string of the molecule is COc1ccc([C@H]2[C@@H]3C(C)=NN=C3C[C@@](C)(O)[C@@H]2C(C)=O)cc1. The van der Waals surface area contributed by atoms with Crippen LogP contribution in [0, 0.1) is 11.8 Å². The van der Waals surface area contributed by atoms with Crippen LogP contribution in [0.3, 0.4) is 0 Å². The molecule has 0 spiro atoms. The zero-order valence-corrected chi connectivity index (χ0v) is 13.9. The van der Waals surface area contributed by atoms with E-state index in [-0.39, 0.29) is 17.6 Å². The van der Waals surface area contributed by atoms with Crippen LogP contribution in [0.15, 0.2) is 34.5 Å². The summed E-state index contributed by atoms with van der Waals surface area (Å²) in [6.07, 6.45) is 0.384. The van der Waals surface area contributed by atoms with Crippen molar-refractivity contribution in [1.82, 2.24) is 0 Å². The minimum absolute atomic E-state index is 0.00503. The molecule has 1 aromatic carbocycles. The molecule has 0 radical (unpaired) electrons. The summed E-state index contributed by atoms with van der Waals surface area (Å²) in [6, 6.07) is 7.69. The molecule has 2 aliphatic rings. The standard InChI is InChI=1S/C18H22N2O3/c1-10-15-14(20-19-10)9-18(3,22)17(11(2)21)16(15)12-5-7-13(23-4)8-6-12/h5-8,15-17,22H,9H2,1-4H3/t15-,16+,17-,18-/m1/s1. The minimum Gasteiger partial charge on any atom is -0.497 e. The topological polar surface area (TPSA) is 71.2 Å². The number of fused-ring (bicyclic) bond motifs is 1. The number of carbonyl (C=O) groups is 1. The number of ether oxygens (including phenoxy) is 1. The average molecular weight is 314 g/mol. The van der Waals surface area contributed by atoms with E-state index in [0.29, 0.717) is 6.42 Å². The summed E-state index contributed by atoms with van der Waals surface area (Å²) >= 11 is 0. The van der Waals surface area contributed by atoms with E-state index in [0.717, 1.165) is 22.7 Å². The Morgan fingerprint density at radius 1 is 1.30 bits per heavy atom. The molecule has 0 amide bonds. The molecule has 5 nitrogen and oxygen atoms in total. The average Bonchev–Trinajstić information content (AvgIpc) is 2.85. The van der Waals surface area contributed by atoms with Crippen molar-refractivity contribution in [1.29, 1.82) is 0 Å². The highest BCUT2D eigenvalue weighted by Gasteiger charge is 2.53. The summed E-state index contributed by atoms with van der Waals surface area (Å²) in [5.74, 6) is 0.101. The monoisotopic (exact) mass is 314 g/mol. The number of hydrogen-bond acceptors (Lipinski definition) is 5. The van der Waals surface area contributed by atoms with Gasteiger partial charge in [0.2, 0.25) is 0 Å². The Morgan fingerprint density at radius 3 is 2.52 bits per heavy atom. The van der Waals surface area contributed by atoms with Crippen molar-refractivity contribution >= 4 is 17.2 Å². The van der Waals surface area contributed by atoms with Gasteiger partial charge in [-0.3, -0.25) is 4.79 Å². The zero-order chi connectivity index (χ0) is 16.8. The van der Waals surface area contributed by atoms with Crippen LogP contribution in [0.1, 0.15) is 38.7 Å². The van der Waals surface area contributed by atoms with Crippen LogP contribution in [0.2, 0.25) is 0 Å². The van der Waals surface area contributed by atoms with Gasteiger partial charge >= 0.3 is 0 Å². The van der Waals surface area contributed by atoms with E-state index in [9.17, 15) is 9.90 Å². The second-order valence-electron chi connectivity index (χ2n) is 6.73. The molecule has 1 heterocycles. The molecule has 0 aromatic heterocycles. The van der Waals surface area contributed by atoms with Gasteiger partial charge in [0.05, 0.1) is 24.3 Å². The van der Waals surface area contributed by atoms with Crippen molar-refractivity contribution < 1.29 is 14.6 Å². The summed E-state index contributed by atoms with van der Waals surface area (Å²) in [5, 5.41) is 19.3. The van der Waals surface area contributed by atoms with Crippen molar-refractivity contribution in [3.8, 4) is 5.75 Å². The number of Topliss-reactive ketones (excluding diaryl/α,β-unsaturated/α-hetero) is 1. The largest absolute Gasteiger partial charge is 0.497 e. The third kappa shape index (κ3) is 2.59. The van der Waals surface area contributed by atoms with E-state index >= 15 is 0 Å². The first-order valence-corrected chi connectivity index (χ1v) is 7.83. The summed E-state index contributed by atoms with van der Waals surface area (Å²) in [5.41, 5.74) is 1.65. The predicted octanol–water partition coefficient (Wildman–Crippen LogP) is 2.59. The normalized spacial score (nSPS) is 32.8. The van der Waals surface area contributed by atoms with Crippen molar-refractivity contribution in [2.75, 3.05) is 7.11 Å². The van der Waals surface area contributed by atoms with Crippen LogP contribution in [0.25, 0.3) is 0 Å². The van der Waals surface area contributed by atoms with Crippen LogP contribution < -0.4 is 4.74 Å². The number of ketones is 1. The third-order valence-corrected chi connectivity index (χ3v) is 5.01. The van der Waals surface area contributed by atoms with Gasteiger partial charge in [-0.2, -0.15) is 10.2 Å². The van der Waals surface area contributed by atoms with Crippen LogP contribution in [0.4, 0.5) is 0 Å². The van der Waals surface area contributed by atoms with Crippen LogP contribution in [-0.4, -0.2) is 35.0 Å². The molecule has 5 heteroatoms. The van der Waals surface area contributed by atoms with E-state index in [1.54, 1.807) is 21.0 Å². The van der Waals surface area contributed by atoms with Crippen molar-refractivity contribution in [3.05, 3.63) is 29.8 Å². The number of rotatable bonds is 3. The Balaban J connectivity index is 2.11. The molecule has 1 N–H and O–H groups in total. The highest BCUT2D eigenvalue weighted by Crippen LogP contribution is 2.48. The lowest BCUT2D eigenvalue weighted by Crippen LogP contribution is -2.53. The Labute approximate surface area is 136 Å². The maximum atomic E-state index is 12.4. The lowest BCUT2D eigenvalue weighted by atomic mass is 9.59. The molecule has 0 saturated heterocycles. The molecular formula is C18H22N2O3. The lowest BCUT2D eigenvalue weighted by Gasteiger charge is -2.45. The second kappa shape index (κ2) is 5.57.